The van der Waals surface area contributed by atoms with E-state index >= 15 is 0 Å². The van der Waals surface area contributed by atoms with E-state index in [1.165, 1.54) is 18.2 Å². The molecule has 0 unspecified atom stereocenters. The molecule has 1 aliphatic heterocycles. The Balaban J connectivity index is 1.29. The summed E-state index contributed by atoms with van der Waals surface area (Å²) in [5, 5.41) is 9.80. The normalized spacial score (nSPS) is 13.5. The third-order valence-corrected chi connectivity index (χ3v) is 5.75. The van der Waals surface area contributed by atoms with Gasteiger partial charge in [0.2, 0.25) is 0 Å². The molecule has 7 nitrogen and oxygen atoms in total. The average molecular weight is 443 g/mol. The van der Waals surface area contributed by atoms with Crippen LogP contribution in [-0.4, -0.2) is 37.4 Å². The lowest BCUT2D eigenvalue weighted by Crippen LogP contribution is -2.54. The second kappa shape index (κ2) is 8.35. The Bertz CT molecular complexity index is 1370. The van der Waals surface area contributed by atoms with Gasteiger partial charge in [0.1, 0.15) is 23.2 Å². The highest BCUT2D eigenvalue weighted by atomic mass is 16.5. The van der Waals surface area contributed by atoms with E-state index in [4.69, 9.17) is 19.0 Å². The summed E-state index contributed by atoms with van der Waals surface area (Å²) in [4.78, 5) is 25.2. The molecule has 3 aromatic carbocycles. The number of ether oxygens (including phenoxy) is 2. The number of carboxylic acids is 1. The highest BCUT2D eigenvalue weighted by molar-refractivity contribution is 5.94. The summed E-state index contributed by atoms with van der Waals surface area (Å²) in [6.45, 7) is 1.46. The van der Waals surface area contributed by atoms with Gasteiger partial charge < -0.3 is 23.9 Å². The molecule has 1 saturated heterocycles. The quantitative estimate of drug-likeness (QED) is 0.441. The number of fused-ring (bicyclic) bond motifs is 1. The van der Waals surface area contributed by atoms with Crippen LogP contribution in [0.1, 0.15) is 10.4 Å². The molecule has 2 heterocycles. The van der Waals surface area contributed by atoms with Gasteiger partial charge in [0.25, 0.3) is 0 Å². The standard InChI is InChI=1S/C26H21NO6/c1-31-20-10-11-24-23(12-20)22(13-25(28)33-24)16-2-6-18(7-3-16)27-14-21(15-27)32-19-8-4-17(5-9-19)26(29)30/h2-13,21H,14-15H2,1H3,(H,29,30). The van der Waals surface area contributed by atoms with E-state index in [9.17, 15) is 9.59 Å². The third kappa shape index (κ3) is 4.13. The molecule has 0 saturated carbocycles. The zero-order valence-electron chi connectivity index (χ0n) is 17.9. The van der Waals surface area contributed by atoms with Crippen molar-refractivity contribution in [2.24, 2.45) is 0 Å². The second-order valence-electron chi connectivity index (χ2n) is 7.86. The van der Waals surface area contributed by atoms with Crippen LogP contribution in [0.2, 0.25) is 0 Å². The Morgan fingerprint density at radius 2 is 1.67 bits per heavy atom. The summed E-state index contributed by atoms with van der Waals surface area (Å²) in [6.07, 6.45) is 0.0375. The lowest BCUT2D eigenvalue weighted by atomic mass is 10.0. The molecule has 1 fully saturated rings. The van der Waals surface area contributed by atoms with Crippen LogP contribution in [0, 0.1) is 0 Å². The van der Waals surface area contributed by atoms with Gasteiger partial charge >= 0.3 is 11.6 Å². The molecular formula is C26H21NO6. The Hall–Kier alpha value is -4.26. The molecule has 7 heteroatoms. The molecule has 1 aromatic heterocycles. The first-order valence-electron chi connectivity index (χ1n) is 10.5. The van der Waals surface area contributed by atoms with Crippen molar-refractivity contribution >= 4 is 22.6 Å². The van der Waals surface area contributed by atoms with E-state index in [1.807, 2.05) is 30.3 Å². The smallest absolute Gasteiger partial charge is 0.336 e. The fourth-order valence-corrected chi connectivity index (χ4v) is 3.95. The maximum atomic E-state index is 12.1. The van der Waals surface area contributed by atoms with Gasteiger partial charge in [-0.1, -0.05) is 12.1 Å². The molecule has 4 aromatic rings. The van der Waals surface area contributed by atoms with Gasteiger partial charge in [-0.3, -0.25) is 0 Å². The predicted octanol–water partition coefficient (Wildman–Crippen LogP) is 4.43. The number of hydrogen-bond acceptors (Lipinski definition) is 6. The van der Waals surface area contributed by atoms with Gasteiger partial charge in [0.15, 0.2) is 0 Å². The fourth-order valence-electron chi connectivity index (χ4n) is 3.95. The van der Waals surface area contributed by atoms with E-state index in [0.29, 0.717) is 17.1 Å². The summed E-state index contributed by atoms with van der Waals surface area (Å²) in [5.41, 5.74) is 3.12. The highest BCUT2D eigenvalue weighted by Crippen LogP contribution is 2.32. The number of carbonyl (C=O) groups is 1. The van der Waals surface area contributed by atoms with Crippen molar-refractivity contribution in [3.8, 4) is 22.6 Å². The first-order chi connectivity index (χ1) is 16.0. The van der Waals surface area contributed by atoms with Crippen molar-refractivity contribution < 1.29 is 23.8 Å². The van der Waals surface area contributed by atoms with Crippen LogP contribution in [0.15, 0.2) is 82.0 Å². The first kappa shape index (κ1) is 20.6. The van der Waals surface area contributed by atoms with Gasteiger partial charge in [-0.15, -0.1) is 0 Å². The van der Waals surface area contributed by atoms with E-state index in [0.717, 1.165) is 35.3 Å². The Morgan fingerprint density at radius 1 is 0.970 bits per heavy atom. The number of benzene rings is 3. The molecule has 0 radical (unpaired) electrons. The molecule has 0 aliphatic carbocycles. The van der Waals surface area contributed by atoms with Crippen molar-refractivity contribution in [2.75, 3.05) is 25.1 Å². The number of methoxy groups -OCH3 is 1. The van der Waals surface area contributed by atoms with Crippen LogP contribution in [0.4, 0.5) is 5.69 Å². The number of hydrogen-bond donors (Lipinski definition) is 1. The number of anilines is 1. The van der Waals surface area contributed by atoms with Crippen molar-refractivity contribution in [3.05, 3.63) is 88.8 Å². The number of aromatic carboxylic acids is 1. The average Bonchev–Trinajstić information content (AvgIpc) is 2.81. The summed E-state index contributed by atoms with van der Waals surface area (Å²) >= 11 is 0. The zero-order chi connectivity index (χ0) is 22.9. The molecule has 0 atom stereocenters. The van der Waals surface area contributed by atoms with Crippen molar-refractivity contribution in [1.82, 2.24) is 0 Å². The lowest BCUT2D eigenvalue weighted by molar-refractivity contribution is 0.0697. The molecule has 1 N–H and O–H groups in total. The largest absolute Gasteiger partial charge is 0.497 e. The molecule has 1 aliphatic rings. The Labute approximate surface area is 189 Å². The SMILES string of the molecule is COc1ccc2oc(=O)cc(-c3ccc(N4CC(Oc5ccc(C(=O)O)cc5)C4)cc3)c2c1. The van der Waals surface area contributed by atoms with Gasteiger partial charge in [0, 0.05) is 17.1 Å². The second-order valence-corrected chi connectivity index (χ2v) is 7.86. The molecule has 5 rings (SSSR count). The summed E-state index contributed by atoms with van der Waals surface area (Å²) in [7, 11) is 1.60. The fraction of sp³-hybridized carbons (Fsp3) is 0.154. The van der Waals surface area contributed by atoms with Crippen molar-refractivity contribution in [2.45, 2.75) is 6.10 Å². The monoisotopic (exact) mass is 443 g/mol. The summed E-state index contributed by atoms with van der Waals surface area (Å²) in [5.74, 6) is 0.395. The van der Waals surface area contributed by atoms with Gasteiger partial charge in [-0.2, -0.15) is 0 Å². The summed E-state index contributed by atoms with van der Waals surface area (Å²) < 4.78 is 16.6. The maximum absolute atomic E-state index is 12.1. The minimum atomic E-state index is -0.955. The third-order valence-electron chi connectivity index (χ3n) is 5.75. The van der Waals surface area contributed by atoms with E-state index in [1.54, 1.807) is 31.4 Å². The predicted molar refractivity (Wildman–Crippen MR) is 125 cm³/mol. The molecule has 0 bridgehead atoms. The highest BCUT2D eigenvalue weighted by Gasteiger charge is 2.28. The van der Waals surface area contributed by atoms with E-state index in [-0.39, 0.29) is 11.7 Å². The zero-order valence-corrected chi connectivity index (χ0v) is 17.9. The van der Waals surface area contributed by atoms with Crippen molar-refractivity contribution in [1.29, 1.82) is 0 Å². The molecule has 166 valence electrons. The number of nitrogens with zero attached hydrogens (tertiary/aromatic N) is 1. The van der Waals surface area contributed by atoms with Crippen LogP contribution in [-0.2, 0) is 0 Å². The first-order valence-corrected chi connectivity index (χ1v) is 10.5. The Morgan fingerprint density at radius 3 is 2.33 bits per heavy atom. The minimum Gasteiger partial charge on any atom is -0.497 e. The maximum Gasteiger partial charge on any atom is 0.336 e. The van der Waals surface area contributed by atoms with Crippen LogP contribution >= 0.6 is 0 Å². The summed E-state index contributed by atoms with van der Waals surface area (Å²) in [6, 6.07) is 21.3. The number of carboxylic acid groups (broad SMARTS) is 1. The van der Waals surface area contributed by atoms with Crippen LogP contribution < -0.4 is 20.0 Å². The topological polar surface area (TPSA) is 89.2 Å². The molecule has 33 heavy (non-hydrogen) atoms. The van der Waals surface area contributed by atoms with Crippen LogP contribution in [0.25, 0.3) is 22.1 Å². The van der Waals surface area contributed by atoms with E-state index in [2.05, 4.69) is 4.90 Å². The van der Waals surface area contributed by atoms with Gasteiger partial charge in [-0.05, 0) is 65.7 Å². The Kier molecular flexibility index (Phi) is 5.22. The van der Waals surface area contributed by atoms with Gasteiger partial charge in [-0.25, -0.2) is 9.59 Å². The van der Waals surface area contributed by atoms with Crippen LogP contribution in [0.3, 0.4) is 0 Å². The lowest BCUT2D eigenvalue weighted by Gasteiger charge is -2.40. The molecule has 0 amide bonds. The molecular weight excluding hydrogens is 422 g/mol. The van der Waals surface area contributed by atoms with Crippen LogP contribution in [0.5, 0.6) is 11.5 Å². The minimum absolute atomic E-state index is 0.0375. The van der Waals surface area contributed by atoms with Crippen molar-refractivity contribution in [3.63, 3.8) is 0 Å². The van der Waals surface area contributed by atoms with E-state index < -0.39 is 11.6 Å². The number of rotatable bonds is 6. The van der Waals surface area contributed by atoms with Gasteiger partial charge in [0.05, 0.1) is 25.8 Å². The molecule has 0 spiro atoms.